The topological polar surface area (TPSA) is 66.5 Å². The number of amides is 1. The molecule has 1 N–H and O–H groups in total. The zero-order chi connectivity index (χ0) is 21.0. The summed E-state index contributed by atoms with van der Waals surface area (Å²) in [4.78, 5) is 12.5. The maximum absolute atomic E-state index is 13.8. The second-order valence-electron chi connectivity index (χ2n) is 5.98. The average molecular weight is 481 g/mol. The molecule has 0 heterocycles. The summed E-state index contributed by atoms with van der Waals surface area (Å²) >= 11 is 3.28. The van der Waals surface area contributed by atoms with Gasteiger partial charge in [0.25, 0.3) is 10.0 Å². The van der Waals surface area contributed by atoms with Gasteiger partial charge in [0.1, 0.15) is 18.2 Å². The van der Waals surface area contributed by atoms with Crippen molar-refractivity contribution in [2.24, 2.45) is 0 Å². The summed E-state index contributed by atoms with van der Waals surface area (Å²) in [5.41, 5.74) is 0.000609. The van der Waals surface area contributed by atoms with Crippen molar-refractivity contribution < 1.29 is 22.0 Å². The van der Waals surface area contributed by atoms with E-state index in [-0.39, 0.29) is 16.3 Å². The number of hydrogen-bond donors (Lipinski definition) is 1. The predicted octanol–water partition coefficient (Wildman–Crippen LogP) is 4.56. The molecule has 0 fully saturated rings. The number of sulfonamides is 1. The highest BCUT2D eigenvalue weighted by molar-refractivity contribution is 9.10. The summed E-state index contributed by atoms with van der Waals surface area (Å²) in [6.45, 7) is -0.607. The molecule has 0 unspecified atom stereocenters. The fourth-order valence-electron chi connectivity index (χ4n) is 2.58. The lowest BCUT2D eigenvalue weighted by Crippen LogP contribution is -2.38. The zero-order valence-corrected chi connectivity index (χ0v) is 17.3. The fraction of sp³-hybridized carbons (Fsp3) is 0.0500. The number of anilines is 2. The third-order valence-electron chi connectivity index (χ3n) is 3.92. The van der Waals surface area contributed by atoms with E-state index in [1.165, 1.54) is 18.2 Å². The van der Waals surface area contributed by atoms with Gasteiger partial charge in [0.15, 0.2) is 0 Å². The first kappa shape index (κ1) is 20.9. The van der Waals surface area contributed by atoms with Crippen LogP contribution in [0, 0.1) is 11.6 Å². The number of hydrogen-bond acceptors (Lipinski definition) is 3. The summed E-state index contributed by atoms with van der Waals surface area (Å²) in [5.74, 6) is -2.53. The quantitative estimate of drug-likeness (QED) is 0.562. The van der Waals surface area contributed by atoms with E-state index in [0.29, 0.717) is 10.5 Å². The summed E-state index contributed by atoms with van der Waals surface area (Å²) in [5, 5.41) is 2.28. The van der Waals surface area contributed by atoms with Crippen molar-refractivity contribution in [3.8, 4) is 0 Å². The summed E-state index contributed by atoms with van der Waals surface area (Å²) in [6, 6.07) is 16.8. The van der Waals surface area contributed by atoms with Gasteiger partial charge >= 0.3 is 0 Å². The van der Waals surface area contributed by atoms with E-state index in [9.17, 15) is 22.0 Å². The average Bonchev–Trinajstić information content (AvgIpc) is 2.69. The molecule has 0 spiro atoms. The number of nitrogens with zero attached hydrogens (tertiary/aromatic N) is 1. The lowest BCUT2D eigenvalue weighted by Gasteiger charge is -2.24. The van der Waals surface area contributed by atoms with Gasteiger partial charge in [0.2, 0.25) is 5.91 Å². The Bertz CT molecular complexity index is 1140. The molecule has 0 saturated heterocycles. The molecule has 3 aromatic carbocycles. The number of halogens is 3. The molecule has 0 aromatic heterocycles. The van der Waals surface area contributed by atoms with Crippen LogP contribution < -0.4 is 9.62 Å². The fourth-order valence-corrected chi connectivity index (χ4v) is 4.40. The van der Waals surface area contributed by atoms with Crippen LogP contribution in [0.1, 0.15) is 0 Å². The Morgan fingerprint density at radius 2 is 1.69 bits per heavy atom. The summed E-state index contributed by atoms with van der Waals surface area (Å²) < 4.78 is 54.7. The molecule has 0 aliphatic heterocycles. The van der Waals surface area contributed by atoms with Crippen molar-refractivity contribution in [1.82, 2.24) is 0 Å². The minimum atomic E-state index is -4.08. The lowest BCUT2D eigenvalue weighted by atomic mass is 10.3. The van der Waals surface area contributed by atoms with Crippen molar-refractivity contribution in [1.29, 1.82) is 0 Å². The van der Waals surface area contributed by atoms with Crippen LogP contribution in [0.15, 0.2) is 82.2 Å². The Labute approximate surface area is 175 Å². The molecule has 3 rings (SSSR count). The van der Waals surface area contributed by atoms with Gasteiger partial charge in [-0.05, 0) is 42.5 Å². The van der Waals surface area contributed by atoms with Gasteiger partial charge in [0.05, 0.1) is 16.3 Å². The van der Waals surface area contributed by atoms with E-state index in [1.807, 2.05) is 0 Å². The summed E-state index contributed by atoms with van der Waals surface area (Å²) in [7, 11) is -4.08. The molecule has 3 aromatic rings. The highest BCUT2D eigenvalue weighted by Gasteiger charge is 2.27. The monoisotopic (exact) mass is 480 g/mol. The van der Waals surface area contributed by atoms with E-state index in [2.05, 4.69) is 21.2 Å². The molecule has 1 amide bonds. The van der Waals surface area contributed by atoms with Crippen LogP contribution in [0.25, 0.3) is 0 Å². The van der Waals surface area contributed by atoms with Gasteiger partial charge in [-0.15, -0.1) is 0 Å². The van der Waals surface area contributed by atoms with E-state index in [1.54, 1.807) is 36.4 Å². The first-order chi connectivity index (χ1) is 13.8. The van der Waals surface area contributed by atoms with Crippen LogP contribution in [0.2, 0.25) is 0 Å². The second kappa shape index (κ2) is 8.71. The maximum atomic E-state index is 13.8. The number of nitrogens with one attached hydrogen (secondary N) is 1. The molecule has 150 valence electrons. The van der Waals surface area contributed by atoms with Crippen molar-refractivity contribution in [3.05, 3.63) is 88.9 Å². The van der Waals surface area contributed by atoms with E-state index >= 15 is 0 Å². The molecule has 9 heteroatoms. The molecule has 0 atom stereocenters. The Balaban J connectivity index is 1.94. The predicted molar refractivity (Wildman–Crippen MR) is 110 cm³/mol. The van der Waals surface area contributed by atoms with Gasteiger partial charge in [0, 0.05) is 10.5 Å². The second-order valence-corrected chi connectivity index (χ2v) is 8.75. The van der Waals surface area contributed by atoms with Crippen molar-refractivity contribution in [3.63, 3.8) is 0 Å². The van der Waals surface area contributed by atoms with Gasteiger partial charge in [-0.2, -0.15) is 0 Å². The highest BCUT2D eigenvalue weighted by atomic mass is 79.9. The molecule has 0 bridgehead atoms. The maximum Gasteiger partial charge on any atom is 0.264 e. The van der Waals surface area contributed by atoms with Crippen LogP contribution >= 0.6 is 15.9 Å². The Hall–Kier alpha value is -2.78. The van der Waals surface area contributed by atoms with E-state index in [4.69, 9.17) is 0 Å². The van der Waals surface area contributed by atoms with Crippen molar-refractivity contribution in [2.45, 2.75) is 4.90 Å². The SMILES string of the molecule is O=C(CN(c1cccc(Br)c1)S(=O)(=O)c1ccccc1)Nc1ccc(F)cc1F. The first-order valence-corrected chi connectivity index (χ1v) is 10.6. The molecule has 29 heavy (non-hydrogen) atoms. The van der Waals surface area contributed by atoms with Crippen LogP contribution in [-0.2, 0) is 14.8 Å². The highest BCUT2D eigenvalue weighted by Crippen LogP contribution is 2.26. The van der Waals surface area contributed by atoms with Gasteiger partial charge in [-0.1, -0.05) is 40.2 Å². The Kier molecular flexibility index (Phi) is 6.29. The number of carbonyl (C=O) groups excluding carboxylic acids is 1. The summed E-state index contributed by atoms with van der Waals surface area (Å²) in [6.07, 6.45) is 0. The van der Waals surface area contributed by atoms with Gasteiger partial charge < -0.3 is 5.32 Å². The van der Waals surface area contributed by atoms with Crippen LogP contribution in [0.4, 0.5) is 20.2 Å². The normalized spacial score (nSPS) is 11.1. The van der Waals surface area contributed by atoms with E-state index in [0.717, 1.165) is 16.4 Å². The molecule has 0 radical (unpaired) electrons. The third kappa shape index (κ3) is 4.99. The Morgan fingerprint density at radius 1 is 0.966 bits per heavy atom. The molecular formula is C20H15BrF2N2O3S. The van der Waals surface area contributed by atoms with Crippen LogP contribution in [0.5, 0.6) is 0 Å². The minimum absolute atomic E-state index is 0.000684. The first-order valence-electron chi connectivity index (χ1n) is 8.35. The number of carbonyl (C=O) groups is 1. The molecule has 0 saturated carbocycles. The largest absolute Gasteiger partial charge is 0.322 e. The number of rotatable bonds is 6. The smallest absolute Gasteiger partial charge is 0.264 e. The van der Waals surface area contributed by atoms with E-state index < -0.39 is 34.1 Å². The molecule has 5 nitrogen and oxygen atoms in total. The molecule has 0 aliphatic carbocycles. The lowest BCUT2D eigenvalue weighted by molar-refractivity contribution is -0.114. The third-order valence-corrected chi connectivity index (χ3v) is 6.20. The van der Waals surface area contributed by atoms with Gasteiger partial charge in [-0.3, -0.25) is 9.10 Å². The van der Waals surface area contributed by atoms with Crippen molar-refractivity contribution >= 4 is 43.2 Å². The zero-order valence-electron chi connectivity index (χ0n) is 14.8. The molecule has 0 aliphatic rings. The van der Waals surface area contributed by atoms with Crippen LogP contribution in [0.3, 0.4) is 0 Å². The standard InChI is InChI=1S/C20H15BrF2N2O3S/c21-14-5-4-6-16(11-14)25(29(27,28)17-7-2-1-3-8-17)13-20(26)24-19-10-9-15(22)12-18(19)23/h1-12H,13H2,(H,24,26). The minimum Gasteiger partial charge on any atom is -0.322 e. The Morgan fingerprint density at radius 3 is 2.34 bits per heavy atom. The van der Waals surface area contributed by atoms with Crippen LogP contribution in [-0.4, -0.2) is 20.9 Å². The number of benzene rings is 3. The van der Waals surface area contributed by atoms with Crippen molar-refractivity contribution in [2.75, 3.05) is 16.2 Å². The molecular weight excluding hydrogens is 466 g/mol. The van der Waals surface area contributed by atoms with Gasteiger partial charge in [-0.25, -0.2) is 17.2 Å².